The molecule has 6 heterocycles. The highest BCUT2D eigenvalue weighted by Crippen LogP contribution is 2.51. The Morgan fingerprint density at radius 2 is 0.726 bits per heavy atom. The second-order valence-corrected chi connectivity index (χ2v) is 32.0. The maximum Gasteiger partial charge on any atom is 0.459 e. The molecule has 3 fully saturated rings. The standard InChI is InChI=1S/C24H33FN3O9P.2C22H29FN3O9P.3H2S/c1-14(2)36-21(31)16(4)27-38(33,34-12-17-9-7-6-8-15(17)3)35-13-18-20(30)24(5,25)22(37-18)28-11-10-19(29)26-23(28)32;2*1-13(2)33-19(29)14(3)25-36(31,35-15-8-6-5-7-9-15)32-12-16-18(28)22(4,23)20(34-16)26-11-10-17(27)24-21(26)30;;;/h6-11,14,16,18,20,22,30H,12-13H2,1-5H3,(H,27,33)(H,26,29,32);2*5-11,13-14,16,18,20,28H,12H2,1-4H3,(H,25,31)(H,24,27,30);3*1H2/t16-,18+,20+,22+,24+,38?;14-,16+,18+,20+,22+,36?;14-,16+,18+,20+,22+,36-;;;/m000.../s1. The van der Waals surface area contributed by atoms with Gasteiger partial charge in [0.25, 0.3) is 16.7 Å². The number of rotatable bonds is 31. The van der Waals surface area contributed by atoms with Crippen molar-refractivity contribution in [1.82, 2.24) is 43.9 Å². The molecule has 0 saturated carbocycles. The van der Waals surface area contributed by atoms with Crippen LogP contribution in [-0.2, 0) is 81.2 Å². The van der Waals surface area contributed by atoms with Crippen LogP contribution in [0.5, 0.6) is 11.5 Å². The number of alkyl halides is 3. The van der Waals surface area contributed by atoms with Gasteiger partial charge in [-0.2, -0.15) is 50.7 Å². The number of halogens is 3. The van der Waals surface area contributed by atoms with Crippen molar-refractivity contribution in [2.24, 2.45) is 0 Å². The SMILES string of the molecule is CC(C)OC(=O)[C@H](C)NP(=O)(OC[C@H]1O[C@@H](n2ccc(=O)[nH]c2=O)[C@](C)(F)[C@@H]1O)Oc1ccccc1.CC(C)OC(=O)[C@H](C)N[P@](=O)(OC[C@H]1O[C@@H](n2ccc(=O)[nH]c2=O)[C@](C)(F)[C@@H]1O)Oc1ccccc1.Cc1ccccc1COP(=O)(N[C@@H](C)C(=O)OC(C)C)OC[C@H]1O[C@@H](n2ccc(=O)[nH]c2=O)[C@](C)(F)[C@@H]1O.S.S.S. The van der Waals surface area contributed by atoms with E-state index in [1.807, 2.05) is 34.0 Å². The van der Waals surface area contributed by atoms with E-state index in [4.69, 9.17) is 55.6 Å². The molecule has 0 radical (unpaired) electrons. The molecule has 9 N–H and O–H groups in total. The van der Waals surface area contributed by atoms with E-state index in [2.05, 4.69) is 15.3 Å². The summed E-state index contributed by atoms with van der Waals surface area (Å²) in [6, 6.07) is 22.8. The minimum Gasteiger partial charge on any atom is -0.462 e. The van der Waals surface area contributed by atoms with Crippen LogP contribution in [-0.4, -0.2) is 172 Å². The smallest absolute Gasteiger partial charge is 0.459 e. The summed E-state index contributed by atoms with van der Waals surface area (Å²) in [6.45, 7) is 17.0. The fraction of sp³-hybridized carbons (Fsp3) is 0.515. The monoisotopic (exact) mass is 1720 g/mol. The van der Waals surface area contributed by atoms with Gasteiger partial charge in [0.05, 0.1) is 44.7 Å². The number of esters is 3. The molecule has 3 aromatic carbocycles. The van der Waals surface area contributed by atoms with Crippen molar-refractivity contribution in [2.45, 2.75) is 205 Å². The molecule has 113 heavy (non-hydrogen) atoms. The number of aromatic nitrogens is 6. The van der Waals surface area contributed by atoms with Crippen LogP contribution in [0.15, 0.2) is 150 Å². The number of benzene rings is 3. The Bertz CT molecular complexity index is 4470. The number of H-pyrrole nitrogens is 3. The number of aromatic amines is 3. The molecule has 0 spiro atoms. The van der Waals surface area contributed by atoms with Gasteiger partial charge >= 0.3 is 58.2 Å². The minimum absolute atomic E-state index is 0. The van der Waals surface area contributed by atoms with Crippen molar-refractivity contribution in [3.63, 3.8) is 0 Å². The number of hydrogen-bond donors (Lipinski definition) is 9. The van der Waals surface area contributed by atoms with Gasteiger partial charge < -0.3 is 52.8 Å². The Labute approximate surface area is 666 Å². The predicted molar refractivity (Wildman–Crippen MR) is 416 cm³/mol. The van der Waals surface area contributed by atoms with Crippen LogP contribution in [0.3, 0.4) is 0 Å². The number of nitrogens with zero attached hydrogens (tertiary/aromatic N) is 3. The molecule has 9 rings (SSSR count). The van der Waals surface area contributed by atoms with Crippen molar-refractivity contribution in [2.75, 3.05) is 19.8 Å². The van der Waals surface area contributed by atoms with Gasteiger partial charge in [-0.1, -0.05) is 60.7 Å². The summed E-state index contributed by atoms with van der Waals surface area (Å²) in [6.07, 6.45) is -12.6. The first-order valence-corrected chi connectivity index (χ1v) is 38.9. The Balaban J connectivity index is 0.000000353. The zero-order valence-electron chi connectivity index (χ0n) is 63.5. The largest absolute Gasteiger partial charge is 0.462 e. The molecule has 6 aromatic rings. The highest BCUT2D eigenvalue weighted by atomic mass is 32.1. The molecule has 3 saturated heterocycles. The fourth-order valence-electron chi connectivity index (χ4n) is 10.7. The number of carbonyl (C=O) groups is 3. The molecule has 3 aromatic heterocycles. The molecule has 45 heteroatoms. The lowest BCUT2D eigenvalue weighted by atomic mass is 9.98. The number of aliphatic hydroxyl groups is 3. The maximum absolute atomic E-state index is 15.5. The summed E-state index contributed by atoms with van der Waals surface area (Å²) in [4.78, 5) is 113. The molecule has 2 unspecified atom stereocenters. The Morgan fingerprint density at radius 3 is 1.01 bits per heavy atom. The first-order valence-electron chi connectivity index (χ1n) is 34.3. The van der Waals surface area contributed by atoms with Gasteiger partial charge in [-0.3, -0.25) is 75.5 Å². The average molecular weight is 1720 g/mol. The number of carbonyl (C=O) groups excluding carboxylic acids is 3. The first kappa shape index (κ1) is 98.1. The molecular formula is C68H97F3N9O27P3S3. The fourth-order valence-corrected chi connectivity index (χ4v) is 15.2. The summed E-state index contributed by atoms with van der Waals surface area (Å²) in [5.74, 6) is -1.82. The number of aryl methyl sites for hydroxylation is 1. The molecule has 18 atom stereocenters. The zero-order chi connectivity index (χ0) is 81.6. The molecular weight excluding hydrogens is 1620 g/mol. The van der Waals surface area contributed by atoms with Crippen LogP contribution < -0.4 is 58.1 Å². The van der Waals surface area contributed by atoms with Crippen LogP contribution in [0.1, 0.15) is 113 Å². The number of aliphatic hydroxyl groups excluding tert-OH is 3. The summed E-state index contributed by atoms with van der Waals surface area (Å²) in [5.41, 5.74) is -10.8. The van der Waals surface area contributed by atoms with E-state index in [1.165, 1.54) is 45.0 Å². The highest BCUT2D eigenvalue weighted by Gasteiger charge is 2.59. The second kappa shape index (κ2) is 42.0. The lowest BCUT2D eigenvalue weighted by Gasteiger charge is -2.25. The Hall–Kier alpha value is -7.28. The van der Waals surface area contributed by atoms with Gasteiger partial charge in [-0.25, -0.2) is 46.3 Å². The van der Waals surface area contributed by atoms with Crippen LogP contribution in [0.2, 0.25) is 0 Å². The maximum atomic E-state index is 15.5. The number of ether oxygens (including phenoxy) is 6. The van der Waals surface area contributed by atoms with Crippen molar-refractivity contribution >= 4 is 81.6 Å². The summed E-state index contributed by atoms with van der Waals surface area (Å²) < 4.78 is 155. The summed E-state index contributed by atoms with van der Waals surface area (Å²) in [5, 5.41) is 39.2. The molecule has 0 aliphatic carbocycles. The quantitative estimate of drug-likeness (QED) is 0.0142. The third kappa shape index (κ3) is 26.6. The molecule has 630 valence electrons. The van der Waals surface area contributed by atoms with Gasteiger partial charge in [0.2, 0.25) is 0 Å². The van der Waals surface area contributed by atoms with Gasteiger partial charge in [0, 0.05) is 36.8 Å². The Kier molecular flexibility index (Phi) is 36.5. The van der Waals surface area contributed by atoms with E-state index in [9.17, 15) is 72.2 Å². The summed E-state index contributed by atoms with van der Waals surface area (Å²) in [7, 11) is -12.9. The van der Waals surface area contributed by atoms with Crippen LogP contribution in [0.4, 0.5) is 13.2 Å². The van der Waals surface area contributed by atoms with E-state index >= 15 is 13.2 Å². The minimum atomic E-state index is -4.30. The number of hydrogen-bond acceptors (Lipinski definition) is 27. The van der Waals surface area contributed by atoms with Gasteiger partial charge in [0.15, 0.2) is 35.7 Å². The molecule has 0 bridgehead atoms. The van der Waals surface area contributed by atoms with Gasteiger partial charge in [-0.05, 0) is 125 Å². The van der Waals surface area contributed by atoms with Crippen molar-refractivity contribution in [3.8, 4) is 11.5 Å². The second-order valence-electron chi connectivity index (χ2n) is 26.8. The average Bonchev–Trinajstić information content (AvgIpc) is 1.63. The predicted octanol–water partition coefficient (Wildman–Crippen LogP) is 5.75. The normalized spacial score (nSPS) is 25.5. The van der Waals surface area contributed by atoms with Gasteiger partial charge in [0.1, 0.15) is 66.2 Å². The van der Waals surface area contributed by atoms with Crippen molar-refractivity contribution in [1.29, 1.82) is 0 Å². The molecule has 36 nitrogen and oxygen atoms in total. The Morgan fingerprint density at radius 1 is 0.451 bits per heavy atom. The first-order chi connectivity index (χ1) is 51.4. The van der Waals surface area contributed by atoms with Crippen LogP contribution in [0.25, 0.3) is 0 Å². The van der Waals surface area contributed by atoms with E-state index in [0.717, 1.165) is 76.8 Å². The molecule has 0 amide bonds. The van der Waals surface area contributed by atoms with Crippen molar-refractivity contribution < 1.29 is 112 Å². The highest BCUT2D eigenvalue weighted by molar-refractivity contribution is 7.59. The topological polar surface area (TPSA) is 475 Å². The molecule has 3 aliphatic rings. The number of para-hydroxylation sites is 2. The van der Waals surface area contributed by atoms with Crippen LogP contribution >= 0.6 is 63.7 Å². The third-order valence-corrected chi connectivity index (χ3v) is 21.4. The summed E-state index contributed by atoms with van der Waals surface area (Å²) >= 11 is 0. The van der Waals surface area contributed by atoms with E-state index < -0.39 is 203 Å². The van der Waals surface area contributed by atoms with Gasteiger partial charge in [-0.15, -0.1) is 0 Å². The van der Waals surface area contributed by atoms with E-state index in [-0.39, 0.29) is 58.6 Å². The lowest BCUT2D eigenvalue weighted by molar-refractivity contribution is -0.150. The van der Waals surface area contributed by atoms with Crippen LogP contribution in [0, 0.1) is 6.92 Å². The van der Waals surface area contributed by atoms with E-state index in [1.54, 1.807) is 90.1 Å². The zero-order valence-corrected chi connectivity index (χ0v) is 69.2. The lowest BCUT2D eigenvalue weighted by Crippen LogP contribution is -2.43. The van der Waals surface area contributed by atoms with Crippen molar-refractivity contribution in [3.05, 3.63) is 195 Å². The third-order valence-electron chi connectivity index (χ3n) is 16.4. The molecule has 3 aliphatic heterocycles. The van der Waals surface area contributed by atoms with E-state index in [0.29, 0.717) is 5.56 Å². The number of nitrogens with one attached hydrogen (secondary N) is 6.